The first-order valence-corrected chi connectivity index (χ1v) is 29.3. The minimum atomic E-state index is -0.771. The van der Waals surface area contributed by atoms with Gasteiger partial charge in [-0.05, 0) is 51.4 Å². The zero-order chi connectivity index (χ0) is 47.9. The third-order valence-corrected chi connectivity index (χ3v) is 13.2. The molecule has 0 aromatic carbocycles. The molecule has 0 saturated heterocycles. The number of allylic oxidation sites excluding steroid dienone is 4. The van der Waals surface area contributed by atoms with E-state index in [-0.39, 0.29) is 31.1 Å². The summed E-state index contributed by atoms with van der Waals surface area (Å²) in [6, 6.07) is 0. The van der Waals surface area contributed by atoms with Crippen molar-refractivity contribution >= 4 is 17.9 Å². The summed E-state index contributed by atoms with van der Waals surface area (Å²) in [6.45, 7) is 6.65. The number of carbonyl (C=O) groups excluding carboxylic acids is 3. The zero-order valence-electron chi connectivity index (χ0n) is 44.5. The van der Waals surface area contributed by atoms with Gasteiger partial charge in [-0.25, -0.2) is 0 Å². The Kier molecular flexibility index (Phi) is 53.7. The fraction of sp³-hybridized carbons (Fsp3) is 0.883. The molecule has 0 bridgehead atoms. The average molecular weight is 930 g/mol. The van der Waals surface area contributed by atoms with Crippen molar-refractivity contribution in [2.75, 3.05) is 13.2 Å². The van der Waals surface area contributed by atoms with Gasteiger partial charge in [-0.3, -0.25) is 14.4 Å². The van der Waals surface area contributed by atoms with Crippen molar-refractivity contribution in [2.24, 2.45) is 0 Å². The summed E-state index contributed by atoms with van der Waals surface area (Å²) >= 11 is 0. The molecule has 0 aliphatic carbocycles. The third-order valence-electron chi connectivity index (χ3n) is 13.2. The quantitative estimate of drug-likeness (QED) is 0.0262. The summed E-state index contributed by atoms with van der Waals surface area (Å²) in [5, 5.41) is 0. The van der Waals surface area contributed by atoms with Crippen molar-refractivity contribution in [3.63, 3.8) is 0 Å². The molecular formula is C60H112O6. The first-order chi connectivity index (χ1) is 32.5. The van der Waals surface area contributed by atoms with Gasteiger partial charge in [0.15, 0.2) is 6.10 Å². The minimum Gasteiger partial charge on any atom is -0.462 e. The monoisotopic (exact) mass is 929 g/mol. The second-order valence-corrected chi connectivity index (χ2v) is 19.9. The van der Waals surface area contributed by atoms with Crippen molar-refractivity contribution in [2.45, 2.75) is 329 Å². The molecule has 0 aromatic heterocycles. The van der Waals surface area contributed by atoms with E-state index in [2.05, 4.69) is 45.1 Å². The molecule has 0 aliphatic heterocycles. The molecule has 388 valence electrons. The first-order valence-electron chi connectivity index (χ1n) is 29.3. The van der Waals surface area contributed by atoms with E-state index in [4.69, 9.17) is 14.2 Å². The Hall–Kier alpha value is -2.11. The van der Waals surface area contributed by atoms with Crippen molar-refractivity contribution < 1.29 is 28.6 Å². The molecule has 0 fully saturated rings. The number of unbranched alkanes of at least 4 members (excludes halogenated alkanes) is 39. The lowest BCUT2D eigenvalue weighted by atomic mass is 10.0. The maximum atomic E-state index is 12.8. The number of ether oxygens (including phenoxy) is 3. The number of esters is 3. The van der Waals surface area contributed by atoms with Gasteiger partial charge < -0.3 is 14.2 Å². The van der Waals surface area contributed by atoms with E-state index in [1.54, 1.807) is 0 Å². The molecule has 0 N–H and O–H groups in total. The van der Waals surface area contributed by atoms with Gasteiger partial charge in [-0.1, -0.05) is 276 Å². The molecule has 0 heterocycles. The molecule has 66 heavy (non-hydrogen) atoms. The van der Waals surface area contributed by atoms with Gasteiger partial charge in [0, 0.05) is 19.3 Å². The molecule has 0 aliphatic rings. The van der Waals surface area contributed by atoms with E-state index in [1.165, 1.54) is 205 Å². The molecular weight excluding hydrogens is 817 g/mol. The molecule has 1 atom stereocenters. The highest BCUT2D eigenvalue weighted by atomic mass is 16.6. The number of hydrogen-bond donors (Lipinski definition) is 0. The lowest BCUT2D eigenvalue weighted by Crippen LogP contribution is -2.30. The Balaban J connectivity index is 4.26. The molecule has 0 amide bonds. The lowest BCUT2D eigenvalue weighted by molar-refractivity contribution is -0.167. The second kappa shape index (κ2) is 55.5. The van der Waals surface area contributed by atoms with Crippen LogP contribution in [0.1, 0.15) is 323 Å². The Morgan fingerprint density at radius 3 is 0.864 bits per heavy atom. The normalized spacial score (nSPS) is 12.1. The molecule has 0 spiro atoms. The van der Waals surface area contributed by atoms with Gasteiger partial charge in [0.1, 0.15) is 13.2 Å². The van der Waals surface area contributed by atoms with Crippen LogP contribution in [-0.4, -0.2) is 37.2 Å². The fourth-order valence-corrected chi connectivity index (χ4v) is 8.77. The van der Waals surface area contributed by atoms with Crippen LogP contribution < -0.4 is 0 Å². The fourth-order valence-electron chi connectivity index (χ4n) is 8.77. The first kappa shape index (κ1) is 63.9. The van der Waals surface area contributed by atoms with Crippen LogP contribution in [0.25, 0.3) is 0 Å². The standard InChI is InChI=1S/C60H112O6/c1-4-7-10-13-16-19-22-25-27-28-29-30-31-32-34-36-39-41-44-47-50-53-59(62)65-56-57(66-60(63)54-51-48-45-42-37-24-21-18-15-12-9-6-3)55-64-58(61)52-49-46-43-40-38-35-33-26-23-20-17-14-11-8-5-2/h17,20,26,33,57H,4-16,18-19,21-25,27-32,34-56H2,1-3H3/b20-17-,33-26-/t57-/m1/s1. The molecule has 0 rings (SSSR count). The summed E-state index contributed by atoms with van der Waals surface area (Å²) in [5.74, 6) is -0.864. The van der Waals surface area contributed by atoms with Gasteiger partial charge in [-0.15, -0.1) is 0 Å². The van der Waals surface area contributed by atoms with Crippen LogP contribution in [0.4, 0.5) is 0 Å². The SMILES string of the molecule is CCCCC/C=C\C/C=C\CCCCCCCC(=O)OC[C@H](COC(=O)CCCCCCCCCCCCCCCCCCCCCCC)OC(=O)CCCCCCCCCCCCCC. The zero-order valence-corrected chi connectivity index (χ0v) is 44.5. The highest BCUT2D eigenvalue weighted by molar-refractivity contribution is 5.71. The Morgan fingerprint density at radius 1 is 0.303 bits per heavy atom. The Morgan fingerprint density at radius 2 is 0.545 bits per heavy atom. The van der Waals surface area contributed by atoms with E-state index in [1.807, 2.05) is 0 Å². The Labute approximate surface area is 411 Å². The minimum absolute atomic E-state index is 0.0702. The van der Waals surface area contributed by atoms with Crippen molar-refractivity contribution in [3.05, 3.63) is 24.3 Å². The van der Waals surface area contributed by atoms with Crippen LogP contribution in [0.15, 0.2) is 24.3 Å². The van der Waals surface area contributed by atoms with Crippen LogP contribution in [0.3, 0.4) is 0 Å². The van der Waals surface area contributed by atoms with Crippen molar-refractivity contribution in [1.82, 2.24) is 0 Å². The molecule has 0 saturated carbocycles. The van der Waals surface area contributed by atoms with Crippen molar-refractivity contribution in [1.29, 1.82) is 0 Å². The summed E-state index contributed by atoms with van der Waals surface area (Å²) < 4.78 is 16.9. The van der Waals surface area contributed by atoms with Crippen molar-refractivity contribution in [3.8, 4) is 0 Å². The summed E-state index contributed by atoms with van der Waals surface area (Å²) in [7, 11) is 0. The molecule has 0 aromatic rings. The third kappa shape index (κ3) is 52.9. The number of hydrogen-bond acceptors (Lipinski definition) is 6. The largest absolute Gasteiger partial charge is 0.462 e. The summed E-state index contributed by atoms with van der Waals surface area (Å²) in [4.78, 5) is 38.1. The van der Waals surface area contributed by atoms with E-state index in [0.717, 1.165) is 77.0 Å². The molecule has 0 radical (unpaired) electrons. The predicted octanol–water partition coefficient (Wildman–Crippen LogP) is 19.5. The number of carbonyl (C=O) groups is 3. The van der Waals surface area contributed by atoms with Gasteiger partial charge in [0.25, 0.3) is 0 Å². The summed E-state index contributed by atoms with van der Waals surface area (Å²) in [5.41, 5.74) is 0. The van der Waals surface area contributed by atoms with E-state index >= 15 is 0 Å². The second-order valence-electron chi connectivity index (χ2n) is 19.9. The smallest absolute Gasteiger partial charge is 0.306 e. The Bertz CT molecular complexity index is 1070. The van der Waals surface area contributed by atoms with Crippen LogP contribution in [0.2, 0.25) is 0 Å². The maximum Gasteiger partial charge on any atom is 0.306 e. The summed E-state index contributed by atoms with van der Waals surface area (Å²) in [6.07, 6.45) is 64.6. The predicted molar refractivity (Wildman–Crippen MR) is 284 cm³/mol. The molecule has 6 heteroatoms. The van der Waals surface area contributed by atoms with Gasteiger partial charge in [0.05, 0.1) is 0 Å². The van der Waals surface area contributed by atoms with Gasteiger partial charge in [0.2, 0.25) is 0 Å². The average Bonchev–Trinajstić information content (AvgIpc) is 3.31. The lowest BCUT2D eigenvalue weighted by Gasteiger charge is -2.18. The maximum absolute atomic E-state index is 12.8. The molecule has 6 nitrogen and oxygen atoms in total. The van der Waals surface area contributed by atoms with E-state index in [0.29, 0.717) is 19.3 Å². The highest BCUT2D eigenvalue weighted by Gasteiger charge is 2.19. The van der Waals surface area contributed by atoms with Crippen LogP contribution in [0, 0.1) is 0 Å². The highest BCUT2D eigenvalue weighted by Crippen LogP contribution is 2.17. The topological polar surface area (TPSA) is 78.9 Å². The van der Waals surface area contributed by atoms with Crippen LogP contribution >= 0.6 is 0 Å². The van der Waals surface area contributed by atoms with Gasteiger partial charge >= 0.3 is 17.9 Å². The van der Waals surface area contributed by atoms with Gasteiger partial charge in [-0.2, -0.15) is 0 Å². The molecule has 0 unspecified atom stereocenters. The van der Waals surface area contributed by atoms with Crippen LogP contribution in [0.5, 0.6) is 0 Å². The van der Waals surface area contributed by atoms with E-state index in [9.17, 15) is 14.4 Å². The van der Waals surface area contributed by atoms with Crippen LogP contribution in [-0.2, 0) is 28.6 Å². The number of rotatable bonds is 54. The van der Waals surface area contributed by atoms with E-state index < -0.39 is 6.10 Å².